The average Bonchev–Trinajstić information content (AvgIpc) is 2.88. The van der Waals surface area contributed by atoms with Gasteiger partial charge < -0.3 is 10.6 Å². The maximum atomic E-state index is 12.5. The number of hydrogen-bond donors (Lipinski definition) is 1. The Balaban J connectivity index is 1.91. The molecule has 1 aromatic carbocycles. The second-order valence-electron chi connectivity index (χ2n) is 6.07. The lowest BCUT2D eigenvalue weighted by Crippen LogP contribution is -2.35. The Morgan fingerprint density at radius 3 is 2.32 bits per heavy atom. The summed E-state index contributed by atoms with van der Waals surface area (Å²) in [5, 5.41) is 4.44. The molecule has 116 valence electrons. The number of anilines is 1. The quantitative estimate of drug-likeness (QED) is 0.927. The Labute approximate surface area is 130 Å². The van der Waals surface area contributed by atoms with Crippen LogP contribution in [0.25, 0.3) is 5.69 Å². The number of aryl methyl sites for hydroxylation is 2. The lowest BCUT2D eigenvalue weighted by Gasteiger charge is -2.25. The largest absolute Gasteiger partial charge is 0.384 e. The molecule has 1 fully saturated rings. The van der Waals surface area contributed by atoms with Gasteiger partial charge in [0.2, 0.25) is 0 Å². The van der Waals surface area contributed by atoms with Crippen LogP contribution in [0.1, 0.15) is 40.9 Å². The van der Waals surface area contributed by atoms with Crippen LogP contribution in [0.15, 0.2) is 24.3 Å². The van der Waals surface area contributed by atoms with E-state index in [4.69, 9.17) is 5.73 Å². The van der Waals surface area contributed by atoms with Crippen molar-refractivity contribution in [3.63, 3.8) is 0 Å². The first kappa shape index (κ1) is 14.6. The van der Waals surface area contributed by atoms with E-state index < -0.39 is 0 Å². The first-order chi connectivity index (χ1) is 10.5. The summed E-state index contributed by atoms with van der Waals surface area (Å²) in [6, 6.07) is 7.81. The monoisotopic (exact) mass is 298 g/mol. The number of aromatic nitrogens is 2. The van der Waals surface area contributed by atoms with Crippen molar-refractivity contribution < 1.29 is 4.79 Å². The highest BCUT2D eigenvalue weighted by Gasteiger charge is 2.21. The fourth-order valence-electron chi connectivity index (χ4n) is 3.04. The highest BCUT2D eigenvalue weighted by atomic mass is 16.2. The number of nitrogen functional groups attached to an aromatic ring is 1. The third kappa shape index (κ3) is 2.84. The van der Waals surface area contributed by atoms with Crippen molar-refractivity contribution in [2.45, 2.75) is 33.1 Å². The molecule has 2 aromatic rings. The van der Waals surface area contributed by atoms with E-state index in [2.05, 4.69) is 11.2 Å². The molecule has 5 heteroatoms. The zero-order valence-corrected chi connectivity index (χ0v) is 13.2. The number of benzene rings is 1. The lowest BCUT2D eigenvalue weighted by molar-refractivity contribution is 0.0718. The predicted molar refractivity (Wildman–Crippen MR) is 87.2 cm³/mol. The Morgan fingerprint density at radius 1 is 1.05 bits per heavy atom. The molecule has 1 aliphatic rings. The summed E-state index contributed by atoms with van der Waals surface area (Å²) < 4.78 is 1.65. The first-order valence-electron chi connectivity index (χ1n) is 7.78. The predicted octanol–water partition coefficient (Wildman–Crippen LogP) is 2.70. The van der Waals surface area contributed by atoms with Crippen molar-refractivity contribution in [2.24, 2.45) is 0 Å². The van der Waals surface area contributed by atoms with E-state index in [1.165, 1.54) is 6.42 Å². The van der Waals surface area contributed by atoms with Gasteiger partial charge in [0.1, 0.15) is 5.82 Å². The van der Waals surface area contributed by atoms with Crippen LogP contribution in [-0.2, 0) is 0 Å². The average molecular weight is 298 g/mol. The van der Waals surface area contributed by atoms with Gasteiger partial charge in [-0.25, -0.2) is 4.68 Å². The van der Waals surface area contributed by atoms with Crippen LogP contribution in [-0.4, -0.2) is 33.7 Å². The zero-order chi connectivity index (χ0) is 15.7. The number of carbonyl (C=O) groups is 1. The summed E-state index contributed by atoms with van der Waals surface area (Å²) in [5.74, 6) is 0.472. The minimum absolute atomic E-state index is 0.0190. The number of likely N-dealkylation sites (tertiary alicyclic amines) is 1. The number of nitrogens with zero attached hydrogens (tertiary/aromatic N) is 3. The highest BCUT2D eigenvalue weighted by Crippen LogP contribution is 2.19. The number of amides is 1. The third-order valence-electron chi connectivity index (χ3n) is 4.05. The molecule has 1 aromatic heterocycles. The van der Waals surface area contributed by atoms with E-state index in [-0.39, 0.29) is 5.91 Å². The molecule has 0 bridgehead atoms. The maximum Gasteiger partial charge on any atom is 0.274 e. The lowest BCUT2D eigenvalue weighted by atomic mass is 10.1. The zero-order valence-electron chi connectivity index (χ0n) is 13.2. The molecule has 5 nitrogen and oxygen atoms in total. The molecule has 0 spiro atoms. The molecule has 0 atom stereocenters. The minimum Gasteiger partial charge on any atom is -0.384 e. The highest BCUT2D eigenvalue weighted by molar-refractivity contribution is 5.93. The van der Waals surface area contributed by atoms with Crippen LogP contribution in [0.2, 0.25) is 0 Å². The Hall–Kier alpha value is -2.30. The Bertz CT molecular complexity index is 678. The Kier molecular flexibility index (Phi) is 3.88. The molecule has 2 N–H and O–H groups in total. The molecule has 0 radical (unpaired) electrons. The van der Waals surface area contributed by atoms with Crippen LogP contribution in [0.5, 0.6) is 0 Å². The summed E-state index contributed by atoms with van der Waals surface area (Å²) in [6.45, 7) is 5.70. The van der Waals surface area contributed by atoms with Gasteiger partial charge in [-0.3, -0.25) is 4.79 Å². The fraction of sp³-hybridized carbons (Fsp3) is 0.412. The number of carbonyl (C=O) groups excluding carboxylic acids is 1. The second-order valence-corrected chi connectivity index (χ2v) is 6.07. The van der Waals surface area contributed by atoms with Gasteiger partial charge in [-0.2, -0.15) is 5.10 Å². The molecular formula is C17H22N4O. The summed E-state index contributed by atoms with van der Waals surface area (Å²) in [7, 11) is 0. The molecule has 0 unspecified atom stereocenters. The van der Waals surface area contributed by atoms with E-state index in [1.54, 1.807) is 10.7 Å². The fourth-order valence-corrected chi connectivity index (χ4v) is 3.04. The van der Waals surface area contributed by atoms with Crippen LogP contribution in [0.3, 0.4) is 0 Å². The van der Waals surface area contributed by atoms with Gasteiger partial charge in [-0.15, -0.1) is 0 Å². The van der Waals surface area contributed by atoms with Crippen molar-refractivity contribution in [1.82, 2.24) is 14.7 Å². The van der Waals surface area contributed by atoms with E-state index in [9.17, 15) is 4.79 Å². The van der Waals surface area contributed by atoms with Gasteiger partial charge in [0.05, 0.1) is 5.69 Å². The van der Waals surface area contributed by atoms with Crippen molar-refractivity contribution in [2.75, 3.05) is 18.8 Å². The second kappa shape index (κ2) is 5.83. The summed E-state index contributed by atoms with van der Waals surface area (Å²) in [6.07, 6.45) is 3.33. The normalized spacial score (nSPS) is 15.1. The summed E-state index contributed by atoms with van der Waals surface area (Å²) in [4.78, 5) is 14.4. The van der Waals surface area contributed by atoms with Gasteiger partial charge in [-0.1, -0.05) is 6.07 Å². The number of nitrogens with two attached hydrogens (primary N) is 1. The maximum absolute atomic E-state index is 12.5. The molecule has 0 aliphatic carbocycles. The van der Waals surface area contributed by atoms with E-state index in [0.717, 1.165) is 42.7 Å². The van der Waals surface area contributed by atoms with Gasteiger partial charge in [0.25, 0.3) is 5.91 Å². The Morgan fingerprint density at radius 2 is 1.68 bits per heavy atom. The standard InChI is InChI=1S/C17H22N4O/c1-12-8-13(2)10-14(9-12)21-16(18)11-15(19-21)17(22)20-6-4-3-5-7-20/h8-11H,3-7,18H2,1-2H3. The molecule has 2 heterocycles. The van der Waals surface area contributed by atoms with Crippen molar-refractivity contribution >= 4 is 11.7 Å². The van der Waals surface area contributed by atoms with Crippen LogP contribution in [0, 0.1) is 13.8 Å². The van der Waals surface area contributed by atoms with E-state index >= 15 is 0 Å². The van der Waals surface area contributed by atoms with Crippen LogP contribution in [0.4, 0.5) is 5.82 Å². The smallest absolute Gasteiger partial charge is 0.274 e. The van der Waals surface area contributed by atoms with E-state index in [0.29, 0.717) is 11.5 Å². The molecule has 22 heavy (non-hydrogen) atoms. The van der Waals surface area contributed by atoms with Gasteiger partial charge in [0.15, 0.2) is 5.69 Å². The summed E-state index contributed by atoms with van der Waals surface area (Å²) in [5.41, 5.74) is 9.69. The number of piperidine rings is 1. The molecule has 0 saturated carbocycles. The topological polar surface area (TPSA) is 64.2 Å². The summed E-state index contributed by atoms with van der Waals surface area (Å²) >= 11 is 0. The third-order valence-corrected chi connectivity index (χ3v) is 4.05. The molecule has 1 aliphatic heterocycles. The van der Waals surface area contributed by atoms with E-state index in [1.807, 2.05) is 30.9 Å². The number of hydrogen-bond acceptors (Lipinski definition) is 3. The van der Waals surface area contributed by atoms with Crippen molar-refractivity contribution in [3.05, 3.63) is 41.1 Å². The first-order valence-corrected chi connectivity index (χ1v) is 7.78. The van der Waals surface area contributed by atoms with Crippen LogP contribution >= 0.6 is 0 Å². The van der Waals surface area contributed by atoms with Gasteiger partial charge in [-0.05, 0) is 56.4 Å². The van der Waals surface area contributed by atoms with Crippen molar-refractivity contribution in [1.29, 1.82) is 0 Å². The SMILES string of the molecule is Cc1cc(C)cc(-n2nc(C(=O)N3CCCCC3)cc2N)c1. The molecular weight excluding hydrogens is 276 g/mol. The van der Waals surface area contributed by atoms with Gasteiger partial charge >= 0.3 is 0 Å². The van der Waals surface area contributed by atoms with Gasteiger partial charge in [0, 0.05) is 19.2 Å². The van der Waals surface area contributed by atoms with Crippen molar-refractivity contribution in [3.8, 4) is 5.69 Å². The minimum atomic E-state index is -0.0190. The van der Waals surface area contributed by atoms with Crippen LogP contribution < -0.4 is 5.73 Å². The number of rotatable bonds is 2. The molecule has 3 rings (SSSR count). The molecule has 1 amide bonds. The molecule has 1 saturated heterocycles.